The van der Waals surface area contributed by atoms with E-state index in [4.69, 9.17) is 9.47 Å². The van der Waals surface area contributed by atoms with Crippen molar-refractivity contribution in [3.63, 3.8) is 0 Å². The number of sulfone groups is 1. The van der Waals surface area contributed by atoms with Crippen LogP contribution < -0.4 is 14.8 Å². The van der Waals surface area contributed by atoms with Gasteiger partial charge in [-0.15, -0.1) is 0 Å². The van der Waals surface area contributed by atoms with Crippen LogP contribution in [0.3, 0.4) is 0 Å². The van der Waals surface area contributed by atoms with Gasteiger partial charge in [0.1, 0.15) is 22.3 Å². The van der Waals surface area contributed by atoms with Crippen molar-refractivity contribution >= 4 is 43.5 Å². The van der Waals surface area contributed by atoms with Crippen molar-refractivity contribution in [1.82, 2.24) is 15.3 Å². The number of carbonyl (C=O) groups excluding carboxylic acids is 1. The smallest absolute Gasteiger partial charge is 0.220 e. The molecule has 32 heavy (non-hydrogen) atoms. The van der Waals surface area contributed by atoms with Crippen molar-refractivity contribution < 1.29 is 22.7 Å². The molecule has 0 fully saturated rings. The van der Waals surface area contributed by atoms with E-state index >= 15 is 0 Å². The SMILES string of the molecule is CNC(=O)CC1CN=C(c2cc3cc(Oc4ccc(S(C)(=O)=O)nc4)cc(OC)c3[nH]2)S1. The van der Waals surface area contributed by atoms with Gasteiger partial charge in [-0.25, -0.2) is 13.4 Å². The van der Waals surface area contributed by atoms with Gasteiger partial charge in [0.2, 0.25) is 5.91 Å². The number of benzene rings is 1. The van der Waals surface area contributed by atoms with Gasteiger partial charge >= 0.3 is 0 Å². The number of aliphatic imine (C=N–C) groups is 1. The lowest BCUT2D eigenvalue weighted by atomic mass is 10.2. The van der Waals surface area contributed by atoms with Crippen molar-refractivity contribution in [3.05, 3.63) is 42.2 Å². The van der Waals surface area contributed by atoms with Gasteiger partial charge in [0, 0.05) is 36.4 Å². The number of methoxy groups -OCH3 is 1. The van der Waals surface area contributed by atoms with Gasteiger partial charge in [-0.3, -0.25) is 9.79 Å². The molecular formula is C21H22N4O5S2. The molecule has 168 valence electrons. The number of nitrogens with one attached hydrogen (secondary N) is 2. The van der Waals surface area contributed by atoms with E-state index < -0.39 is 9.84 Å². The summed E-state index contributed by atoms with van der Waals surface area (Å²) in [5.74, 6) is 1.52. The van der Waals surface area contributed by atoms with E-state index in [2.05, 4.69) is 20.3 Å². The number of aromatic amines is 1. The molecule has 0 saturated carbocycles. The minimum atomic E-state index is -3.38. The molecule has 3 heterocycles. The average molecular weight is 475 g/mol. The molecule has 0 spiro atoms. The third-order valence-corrected chi connectivity index (χ3v) is 7.07. The molecule has 0 saturated heterocycles. The Kier molecular flexibility index (Phi) is 6.11. The third-order valence-electron chi connectivity index (χ3n) is 4.85. The van der Waals surface area contributed by atoms with Crippen molar-refractivity contribution in [1.29, 1.82) is 0 Å². The first kappa shape index (κ1) is 22.2. The summed E-state index contributed by atoms with van der Waals surface area (Å²) in [4.78, 5) is 23.5. The largest absolute Gasteiger partial charge is 0.494 e. The molecule has 1 aromatic carbocycles. The molecule has 2 N–H and O–H groups in total. The van der Waals surface area contributed by atoms with Gasteiger partial charge in [-0.2, -0.15) is 0 Å². The topological polar surface area (TPSA) is 123 Å². The highest BCUT2D eigenvalue weighted by Crippen LogP contribution is 2.36. The predicted octanol–water partition coefficient (Wildman–Crippen LogP) is 2.77. The molecule has 0 aliphatic carbocycles. The number of hydrogen-bond acceptors (Lipinski definition) is 8. The molecule has 1 amide bonds. The van der Waals surface area contributed by atoms with E-state index in [-0.39, 0.29) is 16.2 Å². The number of ether oxygens (including phenoxy) is 2. The molecule has 1 aliphatic rings. The second kappa shape index (κ2) is 8.83. The number of aromatic nitrogens is 2. The molecule has 3 aromatic rings. The lowest BCUT2D eigenvalue weighted by Gasteiger charge is -2.09. The highest BCUT2D eigenvalue weighted by atomic mass is 32.2. The van der Waals surface area contributed by atoms with Crippen LogP contribution in [0, 0.1) is 0 Å². The number of hydrogen-bond donors (Lipinski definition) is 2. The maximum atomic E-state index is 11.6. The van der Waals surface area contributed by atoms with Crippen LogP contribution in [0.1, 0.15) is 12.1 Å². The van der Waals surface area contributed by atoms with Gasteiger partial charge in [-0.1, -0.05) is 11.8 Å². The number of fused-ring (bicyclic) bond motifs is 1. The molecule has 1 atom stereocenters. The van der Waals surface area contributed by atoms with Crippen LogP contribution in [0.25, 0.3) is 10.9 Å². The molecule has 0 radical (unpaired) electrons. The fourth-order valence-corrected chi connectivity index (χ4v) is 4.93. The summed E-state index contributed by atoms with van der Waals surface area (Å²) in [7, 11) is -0.175. The number of thioether (sulfide) groups is 1. The Bertz CT molecular complexity index is 1300. The number of nitrogens with zero attached hydrogens (tertiary/aromatic N) is 2. The van der Waals surface area contributed by atoms with Crippen LogP contribution in [0.5, 0.6) is 17.2 Å². The first-order chi connectivity index (χ1) is 15.3. The summed E-state index contributed by atoms with van der Waals surface area (Å²) in [6.07, 6.45) is 2.89. The second-order valence-electron chi connectivity index (χ2n) is 7.24. The van der Waals surface area contributed by atoms with Gasteiger partial charge < -0.3 is 19.8 Å². The summed E-state index contributed by atoms with van der Waals surface area (Å²) in [5, 5.41) is 4.45. The van der Waals surface area contributed by atoms with Gasteiger partial charge in [0.25, 0.3) is 0 Å². The monoisotopic (exact) mass is 474 g/mol. The summed E-state index contributed by atoms with van der Waals surface area (Å²) in [6.45, 7) is 0.588. The third kappa shape index (κ3) is 4.73. The first-order valence-electron chi connectivity index (χ1n) is 9.73. The minimum Gasteiger partial charge on any atom is -0.494 e. The Labute approximate surface area is 189 Å². The van der Waals surface area contributed by atoms with Crippen LogP contribution in [-0.4, -0.2) is 61.5 Å². The zero-order valence-corrected chi connectivity index (χ0v) is 19.3. The van der Waals surface area contributed by atoms with Crippen molar-refractivity contribution in [2.45, 2.75) is 16.7 Å². The summed E-state index contributed by atoms with van der Waals surface area (Å²) in [6, 6.07) is 8.51. The maximum absolute atomic E-state index is 11.6. The predicted molar refractivity (Wildman–Crippen MR) is 124 cm³/mol. The number of carbonyl (C=O) groups is 1. The van der Waals surface area contributed by atoms with Crippen molar-refractivity contribution in [2.75, 3.05) is 27.0 Å². The van der Waals surface area contributed by atoms with Gasteiger partial charge in [0.15, 0.2) is 14.9 Å². The number of amides is 1. The maximum Gasteiger partial charge on any atom is 0.220 e. The minimum absolute atomic E-state index is 0.00175. The molecular weight excluding hydrogens is 452 g/mol. The summed E-state index contributed by atoms with van der Waals surface area (Å²) >= 11 is 1.57. The van der Waals surface area contributed by atoms with Crippen molar-refractivity contribution in [2.24, 2.45) is 4.99 Å². The van der Waals surface area contributed by atoms with Crippen LogP contribution in [0.2, 0.25) is 0 Å². The van der Waals surface area contributed by atoms with E-state index in [0.29, 0.717) is 30.2 Å². The fraction of sp³-hybridized carbons (Fsp3) is 0.286. The Morgan fingerprint density at radius 2 is 2.09 bits per heavy atom. The Morgan fingerprint density at radius 1 is 1.28 bits per heavy atom. The summed E-state index contributed by atoms with van der Waals surface area (Å²) in [5.41, 5.74) is 1.65. The highest BCUT2D eigenvalue weighted by molar-refractivity contribution is 8.15. The molecule has 2 aromatic heterocycles. The van der Waals surface area contributed by atoms with Crippen LogP contribution in [0.4, 0.5) is 0 Å². The number of pyridine rings is 1. The van der Waals surface area contributed by atoms with E-state index in [9.17, 15) is 13.2 Å². The van der Waals surface area contributed by atoms with E-state index in [1.165, 1.54) is 12.3 Å². The lowest BCUT2D eigenvalue weighted by molar-refractivity contribution is -0.120. The van der Waals surface area contributed by atoms with Crippen LogP contribution >= 0.6 is 11.8 Å². The van der Waals surface area contributed by atoms with Crippen LogP contribution in [0.15, 0.2) is 46.5 Å². The standard InChI is InChI=1S/C21H22N4O5S2/c1-22-18(26)9-15-11-24-21(31-15)16-7-12-6-14(8-17(29-2)20(12)25-16)30-13-4-5-19(23-10-13)32(3,27)28/h4-8,10,15,25H,9,11H2,1-3H3,(H,22,26). The molecule has 1 unspecified atom stereocenters. The Balaban J connectivity index is 1.57. The van der Waals surface area contributed by atoms with Gasteiger partial charge in [-0.05, 0) is 24.3 Å². The zero-order chi connectivity index (χ0) is 22.9. The molecule has 0 bridgehead atoms. The van der Waals surface area contributed by atoms with E-state index in [0.717, 1.165) is 27.9 Å². The highest BCUT2D eigenvalue weighted by Gasteiger charge is 2.24. The molecule has 1 aliphatic heterocycles. The fourth-order valence-electron chi connectivity index (χ4n) is 3.28. The Hall–Kier alpha value is -3.05. The molecule has 4 rings (SSSR count). The average Bonchev–Trinajstić information content (AvgIpc) is 3.39. The molecule has 11 heteroatoms. The van der Waals surface area contributed by atoms with Gasteiger partial charge in [0.05, 0.1) is 31.1 Å². The lowest BCUT2D eigenvalue weighted by Crippen LogP contribution is -2.22. The summed E-state index contributed by atoms with van der Waals surface area (Å²) < 4.78 is 34.6. The number of rotatable bonds is 7. The Morgan fingerprint density at radius 3 is 2.75 bits per heavy atom. The van der Waals surface area contributed by atoms with E-state index in [1.54, 1.807) is 38.1 Å². The van der Waals surface area contributed by atoms with E-state index in [1.807, 2.05) is 12.1 Å². The number of H-pyrrole nitrogens is 1. The first-order valence-corrected chi connectivity index (χ1v) is 12.5. The normalized spacial score (nSPS) is 16.1. The van der Waals surface area contributed by atoms with Crippen molar-refractivity contribution in [3.8, 4) is 17.2 Å². The van der Waals surface area contributed by atoms with Crippen LogP contribution in [-0.2, 0) is 14.6 Å². The zero-order valence-electron chi connectivity index (χ0n) is 17.7. The molecule has 9 nitrogen and oxygen atoms in total. The quantitative estimate of drug-likeness (QED) is 0.540. The second-order valence-corrected chi connectivity index (χ2v) is 10.5.